The molecule has 0 spiro atoms. The van der Waals surface area contributed by atoms with Gasteiger partial charge in [0.2, 0.25) is 0 Å². The van der Waals surface area contributed by atoms with Crippen molar-refractivity contribution in [3.63, 3.8) is 0 Å². The zero-order valence-electron chi connectivity index (χ0n) is 17.8. The lowest BCUT2D eigenvalue weighted by molar-refractivity contribution is 0.340. The van der Waals surface area contributed by atoms with Crippen molar-refractivity contribution in [2.45, 2.75) is 19.0 Å². The number of ether oxygens (including phenoxy) is 1. The number of hydrogen-bond donors (Lipinski definition) is 1. The second-order valence-corrected chi connectivity index (χ2v) is 7.95. The van der Waals surface area contributed by atoms with Crippen LogP contribution in [0, 0.1) is 0 Å². The van der Waals surface area contributed by atoms with E-state index >= 15 is 0 Å². The van der Waals surface area contributed by atoms with Gasteiger partial charge in [-0.2, -0.15) is 0 Å². The first-order valence-corrected chi connectivity index (χ1v) is 11.1. The maximum absolute atomic E-state index is 5.82. The third-order valence-corrected chi connectivity index (χ3v) is 5.96. The van der Waals surface area contributed by atoms with E-state index < -0.39 is 0 Å². The molecule has 1 aliphatic rings. The maximum atomic E-state index is 5.82. The average Bonchev–Trinajstić information content (AvgIpc) is 3.45. The van der Waals surface area contributed by atoms with Crippen LogP contribution < -0.4 is 15.0 Å². The van der Waals surface area contributed by atoms with Gasteiger partial charge in [0.15, 0.2) is 5.11 Å². The summed E-state index contributed by atoms with van der Waals surface area (Å²) in [5, 5.41) is 4.21. The summed E-state index contributed by atoms with van der Waals surface area (Å²) in [6, 6.07) is 28.5. The molecule has 0 aliphatic carbocycles. The van der Waals surface area contributed by atoms with Gasteiger partial charge < -0.3 is 19.5 Å². The van der Waals surface area contributed by atoms with Crippen LogP contribution in [0.5, 0.6) is 5.75 Å². The van der Waals surface area contributed by atoms with Crippen LogP contribution in [0.4, 0.5) is 5.69 Å². The summed E-state index contributed by atoms with van der Waals surface area (Å²) >= 11 is 5.82. The van der Waals surface area contributed by atoms with Gasteiger partial charge >= 0.3 is 0 Å². The van der Waals surface area contributed by atoms with Gasteiger partial charge in [-0.3, -0.25) is 4.98 Å². The van der Waals surface area contributed by atoms with E-state index in [0.717, 1.165) is 28.5 Å². The Hall–Kier alpha value is -3.64. The van der Waals surface area contributed by atoms with Crippen LogP contribution in [0.2, 0.25) is 0 Å². The molecule has 2 aromatic heterocycles. The lowest BCUT2D eigenvalue weighted by Gasteiger charge is -2.29. The number of rotatable bonds is 6. The molecule has 0 unspecified atom stereocenters. The molecule has 1 fully saturated rings. The largest absolute Gasteiger partial charge is 0.494 e. The Balaban J connectivity index is 1.61. The monoisotopic (exact) mass is 440 g/mol. The molecule has 3 heterocycles. The normalized spacial score (nSPS) is 17.9. The fourth-order valence-corrected chi connectivity index (χ4v) is 4.61. The molecule has 32 heavy (non-hydrogen) atoms. The molecule has 0 saturated carbocycles. The second kappa shape index (κ2) is 8.85. The predicted octanol–water partition coefficient (Wildman–Crippen LogP) is 5.45. The van der Waals surface area contributed by atoms with Crippen LogP contribution in [0.25, 0.3) is 5.69 Å². The first kappa shape index (κ1) is 20.3. The van der Waals surface area contributed by atoms with E-state index in [1.165, 1.54) is 0 Å². The molecule has 1 N–H and O–H groups in total. The van der Waals surface area contributed by atoms with Crippen molar-refractivity contribution in [1.29, 1.82) is 0 Å². The molecule has 0 bridgehead atoms. The Kier molecular flexibility index (Phi) is 5.60. The van der Waals surface area contributed by atoms with Gasteiger partial charge in [0.1, 0.15) is 11.8 Å². The van der Waals surface area contributed by atoms with Crippen LogP contribution in [-0.4, -0.2) is 21.3 Å². The van der Waals surface area contributed by atoms with E-state index in [2.05, 4.69) is 62.4 Å². The Morgan fingerprint density at radius 1 is 0.906 bits per heavy atom. The van der Waals surface area contributed by atoms with Gasteiger partial charge in [-0.25, -0.2) is 0 Å². The highest BCUT2D eigenvalue weighted by molar-refractivity contribution is 7.80. The van der Waals surface area contributed by atoms with Crippen molar-refractivity contribution in [1.82, 2.24) is 14.9 Å². The number of nitrogens with one attached hydrogen (secondary N) is 1. The van der Waals surface area contributed by atoms with Crippen molar-refractivity contribution in [2.75, 3.05) is 11.5 Å². The first-order chi connectivity index (χ1) is 15.8. The number of pyridine rings is 1. The predicted molar refractivity (Wildman–Crippen MR) is 131 cm³/mol. The standard InChI is InChI=1S/C26H24N4OS/c1-2-31-21-15-13-19(14-16-21)29-18-8-12-23(29)25-24(22-11-6-7-17-27-22)28-26(32)30(25)20-9-4-3-5-10-20/h3-18,24-25H,2H2,1H3,(H,28,32)/t24-,25+/m1/s1. The molecule has 160 valence electrons. The van der Waals surface area contributed by atoms with Crippen molar-refractivity contribution >= 4 is 23.0 Å². The van der Waals surface area contributed by atoms with Gasteiger partial charge in [0.25, 0.3) is 0 Å². The molecule has 5 nitrogen and oxygen atoms in total. The van der Waals surface area contributed by atoms with E-state index in [9.17, 15) is 0 Å². The molecule has 0 radical (unpaired) electrons. The van der Waals surface area contributed by atoms with Crippen molar-refractivity contribution in [3.05, 3.63) is 109 Å². The molecule has 0 amide bonds. The molecule has 1 aliphatic heterocycles. The van der Waals surface area contributed by atoms with E-state index in [1.54, 1.807) is 0 Å². The minimum Gasteiger partial charge on any atom is -0.494 e. The number of hydrogen-bond acceptors (Lipinski definition) is 3. The summed E-state index contributed by atoms with van der Waals surface area (Å²) < 4.78 is 7.83. The summed E-state index contributed by atoms with van der Waals surface area (Å²) in [4.78, 5) is 6.83. The maximum Gasteiger partial charge on any atom is 0.174 e. The SMILES string of the molecule is CCOc1ccc(-n2cccc2[C@H]2[C@@H](c3ccccn3)NC(=S)N2c2ccccc2)cc1. The summed E-state index contributed by atoms with van der Waals surface area (Å²) in [6.07, 6.45) is 3.92. The van der Waals surface area contributed by atoms with Crippen molar-refractivity contribution in [3.8, 4) is 11.4 Å². The average molecular weight is 441 g/mol. The zero-order chi connectivity index (χ0) is 21.9. The van der Waals surface area contributed by atoms with E-state index in [-0.39, 0.29) is 12.1 Å². The third kappa shape index (κ3) is 3.74. The molecule has 2 atom stereocenters. The highest BCUT2D eigenvalue weighted by Crippen LogP contribution is 2.42. The topological polar surface area (TPSA) is 42.3 Å². The van der Waals surface area contributed by atoms with Crippen molar-refractivity contribution < 1.29 is 4.74 Å². The Bertz CT molecular complexity index is 1190. The minimum atomic E-state index is -0.0831. The summed E-state index contributed by atoms with van der Waals surface area (Å²) in [6.45, 7) is 2.64. The minimum absolute atomic E-state index is 0.0682. The summed E-state index contributed by atoms with van der Waals surface area (Å²) in [5.41, 5.74) is 4.20. The van der Waals surface area contributed by atoms with Crippen LogP contribution in [0.3, 0.4) is 0 Å². The molecule has 5 rings (SSSR count). The van der Waals surface area contributed by atoms with E-state index in [4.69, 9.17) is 17.0 Å². The molecular formula is C26H24N4OS. The fraction of sp³-hybridized carbons (Fsp3) is 0.154. The van der Waals surface area contributed by atoms with Crippen LogP contribution in [-0.2, 0) is 0 Å². The van der Waals surface area contributed by atoms with E-state index in [0.29, 0.717) is 11.7 Å². The smallest absolute Gasteiger partial charge is 0.174 e. The highest BCUT2D eigenvalue weighted by atomic mass is 32.1. The number of benzene rings is 2. The van der Waals surface area contributed by atoms with Gasteiger partial charge in [-0.1, -0.05) is 24.3 Å². The lowest BCUT2D eigenvalue weighted by Crippen LogP contribution is -2.30. The number of thiocarbonyl (C=S) groups is 1. The lowest BCUT2D eigenvalue weighted by atomic mass is 10.0. The van der Waals surface area contributed by atoms with Crippen LogP contribution in [0.15, 0.2) is 97.3 Å². The second-order valence-electron chi connectivity index (χ2n) is 7.56. The van der Waals surface area contributed by atoms with Gasteiger partial charge in [-0.15, -0.1) is 0 Å². The molecular weight excluding hydrogens is 416 g/mol. The van der Waals surface area contributed by atoms with Gasteiger partial charge in [0.05, 0.1) is 18.3 Å². The number of nitrogens with zero attached hydrogens (tertiary/aromatic N) is 3. The van der Waals surface area contributed by atoms with E-state index in [1.807, 2.05) is 61.7 Å². The Labute approximate surface area is 193 Å². The quantitative estimate of drug-likeness (QED) is 0.404. The molecule has 4 aromatic rings. The van der Waals surface area contributed by atoms with Crippen LogP contribution >= 0.6 is 12.2 Å². The van der Waals surface area contributed by atoms with Gasteiger partial charge in [-0.05, 0) is 79.8 Å². The molecule has 2 aromatic carbocycles. The first-order valence-electron chi connectivity index (χ1n) is 10.7. The highest BCUT2D eigenvalue weighted by Gasteiger charge is 2.42. The van der Waals surface area contributed by atoms with Crippen LogP contribution in [0.1, 0.15) is 30.4 Å². The fourth-order valence-electron chi connectivity index (χ4n) is 4.26. The summed E-state index contributed by atoms with van der Waals surface area (Å²) in [7, 11) is 0. The molecule has 1 saturated heterocycles. The number of anilines is 1. The number of para-hydroxylation sites is 1. The Morgan fingerprint density at radius 2 is 1.69 bits per heavy atom. The number of aromatic nitrogens is 2. The third-order valence-electron chi connectivity index (χ3n) is 5.64. The van der Waals surface area contributed by atoms with Crippen molar-refractivity contribution in [2.24, 2.45) is 0 Å². The summed E-state index contributed by atoms with van der Waals surface area (Å²) in [5.74, 6) is 0.867. The zero-order valence-corrected chi connectivity index (χ0v) is 18.6. The Morgan fingerprint density at radius 3 is 2.41 bits per heavy atom. The van der Waals surface area contributed by atoms with Gasteiger partial charge in [0, 0.05) is 29.5 Å². The molecule has 6 heteroatoms.